The summed E-state index contributed by atoms with van der Waals surface area (Å²) in [5.41, 5.74) is -0.271. The third-order valence-electron chi connectivity index (χ3n) is 3.62. The molecular weight excluding hydrogens is 311 g/mol. The zero-order valence-electron chi connectivity index (χ0n) is 12.7. The van der Waals surface area contributed by atoms with E-state index in [1.807, 2.05) is 0 Å². The van der Waals surface area contributed by atoms with E-state index in [4.69, 9.17) is 0 Å². The Morgan fingerprint density at radius 3 is 2.61 bits per heavy atom. The highest BCUT2D eigenvalue weighted by Crippen LogP contribution is 2.18. The number of nitrogens with one attached hydrogen (secondary N) is 2. The average molecular weight is 329 g/mol. The first-order chi connectivity index (χ1) is 10.9. The van der Waals surface area contributed by atoms with Gasteiger partial charge in [-0.2, -0.15) is 0 Å². The molecule has 2 amide bonds. The molecule has 126 valence electrons. The second-order valence-electron chi connectivity index (χ2n) is 5.48. The summed E-state index contributed by atoms with van der Waals surface area (Å²) >= 11 is 0. The van der Waals surface area contributed by atoms with E-state index in [0.29, 0.717) is 25.2 Å². The van der Waals surface area contributed by atoms with E-state index in [9.17, 15) is 22.8 Å². The van der Waals surface area contributed by atoms with Crippen molar-refractivity contribution in [2.24, 2.45) is 0 Å². The summed E-state index contributed by atoms with van der Waals surface area (Å²) in [4.78, 5) is 24.7. The molecule has 2 rings (SSSR count). The van der Waals surface area contributed by atoms with Crippen molar-refractivity contribution in [1.29, 1.82) is 0 Å². The molecule has 1 saturated heterocycles. The van der Waals surface area contributed by atoms with Gasteiger partial charge < -0.3 is 15.5 Å². The minimum atomic E-state index is -1.28. The number of carbonyl (C=O) groups excluding carboxylic acids is 2. The maximum absolute atomic E-state index is 13.5. The molecule has 0 saturated carbocycles. The number of carbonyl (C=O) groups is 2. The van der Waals surface area contributed by atoms with Gasteiger partial charge in [-0.05, 0) is 12.8 Å². The SMILES string of the molecule is CC(=O)N[C@@H]1CCCN(C(=O)CNc2cc(F)c(F)cc2F)C1. The van der Waals surface area contributed by atoms with Crippen LogP contribution in [0.5, 0.6) is 0 Å². The van der Waals surface area contributed by atoms with Crippen molar-refractivity contribution in [2.45, 2.75) is 25.8 Å². The van der Waals surface area contributed by atoms with E-state index < -0.39 is 17.5 Å². The van der Waals surface area contributed by atoms with Gasteiger partial charge in [0.05, 0.1) is 12.2 Å². The van der Waals surface area contributed by atoms with Crippen molar-refractivity contribution in [1.82, 2.24) is 10.2 Å². The fraction of sp³-hybridized carbons (Fsp3) is 0.467. The van der Waals surface area contributed by atoms with E-state index in [-0.39, 0.29) is 30.1 Å². The first-order valence-corrected chi connectivity index (χ1v) is 7.30. The second kappa shape index (κ2) is 7.34. The summed E-state index contributed by atoms with van der Waals surface area (Å²) in [7, 11) is 0. The van der Waals surface area contributed by atoms with Gasteiger partial charge in [0.25, 0.3) is 0 Å². The van der Waals surface area contributed by atoms with Crippen LogP contribution in [0.1, 0.15) is 19.8 Å². The Labute approximate surface area is 131 Å². The molecule has 0 spiro atoms. The number of amides is 2. The highest BCUT2D eigenvalue weighted by atomic mass is 19.2. The summed E-state index contributed by atoms with van der Waals surface area (Å²) < 4.78 is 39.4. The molecule has 0 aromatic heterocycles. The summed E-state index contributed by atoms with van der Waals surface area (Å²) in [6, 6.07) is 0.995. The molecule has 1 aliphatic heterocycles. The molecule has 23 heavy (non-hydrogen) atoms. The Balaban J connectivity index is 1.92. The van der Waals surface area contributed by atoms with Crippen LogP contribution < -0.4 is 10.6 Å². The van der Waals surface area contributed by atoms with Gasteiger partial charge in [0.2, 0.25) is 11.8 Å². The van der Waals surface area contributed by atoms with Gasteiger partial charge in [-0.1, -0.05) is 0 Å². The van der Waals surface area contributed by atoms with Crippen molar-refractivity contribution < 1.29 is 22.8 Å². The molecule has 1 atom stereocenters. The smallest absolute Gasteiger partial charge is 0.241 e. The molecule has 1 aromatic rings. The predicted octanol–water partition coefficient (Wildman–Crippen LogP) is 1.64. The molecule has 1 aliphatic rings. The van der Waals surface area contributed by atoms with Crippen molar-refractivity contribution in [3.05, 3.63) is 29.6 Å². The lowest BCUT2D eigenvalue weighted by Crippen LogP contribution is -2.50. The largest absolute Gasteiger partial charge is 0.374 e. The monoisotopic (exact) mass is 329 g/mol. The Kier molecular flexibility index (Phi) is 5.46. The molecule has 1 fully saturated rings. The molecular formula is C15H18F3N3O2. The zero-order valence-corrected chi connectivity index (χ0v) is 12.7. The number of nitrogens with zero attached hydrogens (tertiary/aromatic N) is 1. The Bertz CT molecular complexity index is 610. The van der Waals surface area contributed by atoms with E-state index >= 15 is 0 Å². The van der Waals surface area contributed by atoms with Gasteiger partial charge in [0, 0.05) is 38.2 Å². The minimum Gasteiger partial charge on any atom is -0.374 e. The number of rotatable bonds is 4. The molecule has 1 heterocycles. The topological polar surface area (TPSA) is 61.4 Å². The fourth-order valence-corrected chi connectivity index (χ4v) is 2.55. The number of likely N-dealkylation sites (tertiary alicyclic amines) is 1. The van der Waals surface area contributed by atoms with Crippen LogP contribution in [0.15, 0.2) is 12.1 Å². The molecule has 2 N–H and O–H groups in total. The van der Waals surface area contributed by atoms with Gasteiger partial charge in [0.1, 0.15) is 5.82 Å². The van der Waals surface area contributed by atoms with E-state index in [1.54, 1.807) is 4.90 Å². The summed E-state index contributed by atoms with van der Waals surface area (Å²) in [6.45, 7) is 2.08. The van der Waals surface area contributed by atoms with Crippen LogP contribution in [0.3, 0.4) is 0 Å². The maximum atomic E-state index is 13.5. The molecule has 5 nitrogen and oxygen atoms in total. The number of hydrogen-bond acceptors (Lipinski definition) is 3. The molecule has 8 heteroatoms. The van der Waals surface area contributed by atoms with E-state index in [2.05, 4.69) is 10.6 Å². The predicted molar refractivity (Wildman–Crippen MR) is 78.2 cm³/mol. The molecule has 1 aromatic carbocycles. The highest BCUT2D eigenvalue weighted by molar-refractivity contribution is 5.81. The quantitative estimate of drug-likeness (QED) is 0.826. The summed E-state index contributed by atoms with van der Waals surface area (Å²) in [5.74, 6) is -3.90. The summed E-state index contributed by atoms with van der Waals surface area (Å²) in [5, 5.41) is 5.23. The van der Waals surface area contributed by atoms with Crippen LogP contribution in [-0.4, -0.2) is 42.4 Å². The van der Waals surface area contributed by atoms with Crippen LogP contribution in [0, 0.1) is 17.5 Å². The first kappa shape index (κ1) is 17.1. The van der Waals surface area contributed by atoms with Crippen LogP contribution in [0.4, 0.5) is 18.9 Å². The van der Waals surface area contributed by atoms with Crippen LogP contribution >= 0.6 is 0 Å². The Hall–Kier alpha value is -2.25. The maximum Gasteiger partial charge on any atom is 0.241 e. The number of benzene rings is 1. The molecule has 0 bridgehead atoms. The second-order valence-corrected chi connectivity index (χ2v) is 5.48. The van der Waals surface area contributed by atoms with Gasteiger partial charge in [0.15, 0.2) is 11.6 Å². The third-order valence-corrected chi connectivity index (χ3v) is 3.62. The van der Waals surface area contributed by atoms with Gasteiger partial charge in [-0.25, -0.2) is 13.2 Å². The Morgan fingerprint density at radius 2 is 1.91 bits per heavy atom. The van der Waals surface area contributed by atoms with Gasteiger partial charge in [-0.3, -0.25) is 9.59 Å². The lowest BCUT2D eigenvalue weighted by atomic mass is 10.1. The standard InChI is InChI=1S/C15H18F3N3O2/c1-9(22)20-10-3-2-4-21(8-10)15(23)7-19-14-6-12(17)11(16)5-13(14)18/h5-6,10,19H,2-4,7-8H2,1H3,(H,20,22)/t10-/m1/s1. The van der Waals surface area contributed by atoms with Crippen molar-refractivity contribution in [2.75, 3.05) is 25.0 Å². The van der Waals surface area contributed by atoms with Crippen LogP contribution in [-0.2, 0) is 9.59 Å². The third kappa shape index (κ3) is 4.61. The number of piperidine rings is 1. The fourth-order valence-electron chi connectivity index (χ4n) is 2.55. The number of halogens is 3. The van der Waals surface area contributed by atoms with Crippen molar-refractivity contribution in [3.63, 3.8) is 0 Å². The molecule has 0 unspecified atom stereocenters. The molecule has 0 radical (unpaired) electrons. The lowest BCUT2D eigenvalue weighted by molar-refractivity contribution is -0.131. The van der Waals surface area contributed by atoms with Crippen LogP contribution in [0.25, 0.3) is 0 Å². The molecule has 0 aliphatic carbocycles. The number of anilines is 1. The zero-order chi connectivity index (χ0) is 17.0. The minimum absolute atomic E-state index is 0.106. The van der Waals surface area contributed by atoms with Gasteiger partial charge in [-0.15, -0.1) is 0 Å². The van der Waals surface area contributed by atoms with Crippen LogP contribution in [0.2, 0.25) is 0 Å². The first-order valence-electron chi connectivity index (χ1n) is 7.30. The Morgan fingerprint density at radius 1 is 1.22 bits per heavy atom. The van der Waals surface area contributed by atoms with E-state index in [0.717, 1.165) is 12.8 Å². The number of hydrogen-bond donors (Lipinski definition) is 2. The van der Waals surface area contributed by atoms with E-state index in [1.165, 1.54) is 6.92 Å². The van der Waals surface area contributed by atoms with Crippen molar-refractivity contribution in [3.8, 4) is 0 Å². The average Bonchev–Trinajstić information content (AvgIpc) is 2.49. The van der Waals surface area contributed by atoms with Gasteiger partial charge >= 0.3 is 0 Å². The normalized spacial score (nSPS) is 17.7. The van der Waals surface area contributed by atoms with Crippen molar-refractivity contribution >= 4 is 17.5 Å². The highest BCUT2D eigenvalue weighted by Gasteiger charge is 2.24. The summed E-state index contributed by atoms with van der Waals surface area (Å²) in [6.07, 6.45) is 1.53. The lowest BCUT2D eigenvalue weighted by Gasteiger charge is -2.33.